The summed E-state index contributed by atoms with van der Waals surface area (Å²) < 4.78 is 0. The van der Waals surface area contributed by atoms with E-state index in [1.165, 1.54) is 18.2 Å². The van der Waals surface area contributed by atoms with E-state index in [1.807, 2.05) is 0 Å². The second-order valence-electron chi connectivity index (χ2n) is 5.20. The normalized spacial score (nSPS) is 12.4. The van der Waals surface area contributed by atoms with Crippen molar-refractivity contribution in [2.24, 2.45) is 5.92 Å². The van der Waals surface area contributed by atoms with Crippen LogP contribution in [0.1, 0.15) is 55.5 Å². The van der Waals surface area contributed by atoms with Gasteiger partial charge in [0.1, 0.15) is 11.5 Å². The molecule has 2 N–H and O–H groups in total. The number of phenolic OH excluding ortho intramolecular Hbond substituents is 1. The van der Waals surface area contributed by atoms with Crippen molar-refractivity contribution >= 4 is 11.8 Å². The summed E-state index contributed by atoms with van der Waals surface area (Å²) in [5.41, 5.74) is 0.502. The highest BCUT2D eigenvalue weighted by molar-refractivity contribution is 5.89. The van der Waals surface area contributed by atoms with E-state index >= 15 is 0 Å². The molecule has 4 nitrogen and oxygen atoms in total. The number of aromatic carboxylic acids is 1. The van der Waals surface area contributed by atoms with Crippen molar-refractivity contribution in [1.29, 1.82) is 0 Å². The molecule has 0 unspecified atom stereocenters. The van der Waals surface area contributed by atoms with Crippen LogP contribution in [0.3, 0.4) is 0 Å². The van der Waals surface area contributed by atoms with Crippen molar-refractivity contribution in [3.8, 4) is 5.75 Å². The van der Waals surface area contributed by atoms with E-state index in [9.17, 15) is 14.7 Å². The Morgan fingerprint density at radius 2 is 1.84 bits per heavy atom. The number of Topliss-reactive ketones (excluding diaryl/α,β-unsaturated/α-hetero) is 1. The third-order valence-electron chi connectivity index (χ3n) is 3.19. The number of ketones is 1. The molecule has 0 radical (unpaired) electrons. The van der Waals surface area contributed by atoms with Crippen molar-refractivity contribution in [3.63, 3.8) is 0 Å². The van der Waals surface area contributed by atoms with Crippen molar-refractivity contribution < 1.29 is 19.8 Å². The average Bonchev–Trinajstić information content (AvgIpc) is 2.34. The van der Waals surface area contributed by atoms with E-state index < -0.39 is 11.9 Å². The monoisotopic (exact) mass is 264 g/mol. The zero-order valence-electron chi connectivity index (χ0n) is 11.5. The highest BCUT2D eigenvalue weighted by Crippen LogP contribution is 2.28. The minimum absolute atomic E-state index is 0.0167. The molecule has 0 aliphatic rings. The molecule has 0 bridgehead atoms. The van der Waals surface area contributed by atoms with Crippen molar-refractivity contribution in [3.05, 3.63) is 29.3 Å². The van der Waals surface area contributed by atoms with Gasteiger partial charge >= 0.3 is 5.97 Å². The molecule has 0 saturated heterocycles. The molecule has 0 amide bonds. The highest BCUT2D eigenvalue weighted by atomic mass is 16.4. The lowest BCUT2D eigenvalue weighted by Crippen LogP contribution is -2.10. The summed E-state index contributed by atoms with van der Waals surface area (Å²) in [6.07, 6.45) is 1.29. The number of hydrogen-bond donors (Lipinski definition) is 2. The van der Waals surface area contributed by atoms with Gasteiger partial charge in [0.25, 0.3) is 0 Å². The van der Waals surface area contributed by atoms with Gasteiger partial charge in [0.05, 0.1) is 5.56 Å². The van der Waals surface area contributed by atoms with Gasteiger partial charge in [-0.15, -0.1) is 0 Å². The summed E-state index contributed by atoms with van der Waals surface area (Å²) in [6, 6.07) is 4.10. The molecular formula is C15H20O4. The molecular weight excluding hydrogens is 244 g/mol. The van der Waals surface area contributed by atoms with E-state index in [1.54, 1.807) is 6.92 Å². The van der Waals surface area contributed by atoms with Crippen molar-refractivity contribution in [2.45, 2.75) is 39.5 Å². The number of carbonyl (C=O) groups is 2. The van der Waals surface area contributed by atoms with Crippen LogP contribution in [-0.2, 0) is 4.79 Å². The summed E-state index contributed by atoms with van der Waals surface area (Å²) in [5, 5.41) is 18.6. The van der Waals surface area contributed by atoms with Crippen LogP contribution in [-0.4, -0.2) is 22.0 Å². The maximum atomic E-state index is 12.0. The Bertz CT molecular complexity index is 477. The van der Waals surface area contributed by atoms with Gasteiger partial charge in [-0.2, -0.15) is 0 Å². The fourth-order valence-electron chi connectivity index (χ4n) is 1.86. The molecule has 104 valence electrons. The fraction of sp³-hybridized carbons (Fsp3) is 0.467. The third kappa shape index (κ3) is 4.09. The Morgan fingerprint density at radius 1 is 1.21 bits per heavy atom. The lowest BCUT2D eigenvalue weighted by atomic mass is 9.91. The Balaban J connectivity index is 2.85. The second-order valence-corrected chi connectivity index (χ2v) is 5.20. The number of benzene rings is 1. The van der Waals surface area contributed by atoms with Gasteiger partial charge < -0.3 is 10.2 Å². The van der Waals surface area contributed by atoms with Crippen LogP contribution in [0.5, 0.6) is 5.75 Å². The van der Waals surface area contributed by atoms with Gasteiger partial charge in [0.2, 0.25) is 0 Å². The maximum absolute atomic E-state index is 12.0. The molecule has 1 aromatic carbocycles. The average molecular weight is 264 g/mol. The summed E-state index contributed by atoms with van der Waals surface area (Å²) in [4.78, 5) is 22.8. The van der Waals surface area contributed by atoms with Crippen molar-refractivity contribution in [2.75, 3.05) is 0 Å². The largest absolute Gasteiger partial charge is 0.508 e. The van der Waals surface area contributed by atoms with Crippen LogP contribution in [0.2, 0.25) is 0 Å². The van der Waals surface area contributed by atoms with Crippen LogP contribution >= 0.6 is 0 Å². The number of hydrogen-bond acceptors (Lipinski definition) is 3. The van der Waals surface area contributed by atoms with Gasteiger partial charge in [-0.1, -0.05) is 26.8 Å². The number of phenols is 1. The second kappa shape index (κ2) is 6.36. The highest BCUT2D eigenvalue weighted by Gasteiger charge is 2.19. The third-order valence-corrected chi connectivity index (χ3v) is 3.19. The topological polar surface area (TPSA) is 74.6 Å². The van der Waals surface area contributed by atoms with Crippen LogP contribution in [0, 0.1) is 5.92 Å². The van der Waals surface area contributed by atoms with Crippen LogP contribution < -0.4 is 0 Å². The van der Waals surface area contributed by atoms with Gasteiger partial charge in [-0.25, -0.2) is 4.79 Å². The van der Waals surface area contributed by atoms with E-state index in [0.717, 1.165) is 6.42 Å². The zero-order valence-corrected chi connectivity index (χ0v) is 11.5. The minimum Gasteiger partial charge on any atom is -0.508 e. The number of carboxylic acids is 1. The van der Waals surface area contributed by atoms with Crippen LogP contribution in [0.15, 0.2) is 18.2 Å². The lowest BCUT2D eigenvalue weighted by molar-refractivity contribution is -0.120. The van der Waals surface area contributed by atoms with E-state index in [4.69, 9.17) is 5.11 Å². The standard InChI is InChI=1S/C15H20O4/c1-9(2)4-7-13(16)10(3)12-6-5-11(15(18)19)8-14(12)17/h5-6,8-10,17H,4,7H2,1-3H3,(H,18,19)/t10-/m1/s1. The molecule has 0 fully saturated rings. The summed E-state index contributed by atoms with van der Waals surface area (Å²) in [5.74, 6) is -1.13. The molecule has 1 atom stereocenters. The summed E-state index contributed by atoms with van der Waals surface area (Å²) in [7, 11) is 0. The zero-order chi connectivity index (χ0) is 14.6. The van der Waals surface area contributed by atoms with Crippen LogP contribution in [0.25, 0.3) is 0 Å². The summed E-state index contributed by atoms with van der Waals surface area (Å²) in [6.45, 7) is 5.84. The molecule has 4 heteroatoms. The molecule has 0 spiro atoms. The predicted molar refractivity (Wildman–Crippen MR) is 72.6 cm³/mol. The maximum Gasteiger partial charge on any atom is 0.335 e. The fourth-order valence-corrected chi connectivity index (χ4v) is 1.86. The number of carbonyl (C=O) groups excluding carboxylic acids is 1. The molecule has 1 aromatic rings. The molecule has 0 aromatic heterocycles. The number of aromatic hydroxyl groups is 1. The summed E-state index contributed by atoms with van der Waals surface area (Å²) >= 11 is 0. The Morgan fingerprint density at radius 3 is 2.32 bits per heavy atom. The SMILES string of the molecule is CC(C)CCC(=O)[C@H](C)c1ccc(C(=O)O)cc1O. The van der Waals surface area contributed by atoms with Gasteiger partial charge in [-0.05, 0) is 24.5 Å². The lowest BCUT2D eigenvalue weighted by Gasteiger charge is -2.13. The number of rotatable bonds is 6. The Labute approximate surface area is 113 Å². The van der Waals surface area contributed by atoms with Gasteiger partial charge in [-0.3, -0.25) is 4.79 Å². The quantitative estimate of drug-likeness (QED) is 0.827. The molecule has 0 saturated carbocycles. The first-order valence-corrected chi connectivity index (χ1v) is 6.41. The van der Waals surface area contributed by atoms with E-state index in [2.05, 4.69) is 13.8 Å². The van der Waals surface area contributed by atoms with Crippen molar-refractivity contribution in [1.82, 2.24) is 0 Å². The Kier molecular flexibility index (Phi) is 5.10. The smallest absolute Gasteiger partial charge is 0.335 e. The van der Waals surface area contributed by atoms with Gasteiger partial charge in [0.15, 0.2) is 0 Å². The molecule has 0 aliphatic heterocycles. The van der Waals surface area contributed by atoms with Gasteiger partial charge in [0, 0.05) is 17.9 Å². The molecule has 0 heterocycles. The number of carboxylic acid groups (broad SMARTS) is 1. The molecule has 19 heavy (non-hydrogen) atoms. The molecule has 0 aliphatic carbocycles. The van der Waals surface area contributed by atoms with E-state index in [0.29, 0.717) is 17.9 Å². The first-order valence-electron chi connectivity index (χ1n) is 6.41. The first kappa shape index (κ1) is 15.2. The Hall–Kier alpha value is -1.84. The first-order chi connectivity index (χ1) is 8.82. The minimum atomic E-state index is -1.10. The molecule has 1 rings (SSSR count). The predicted octanol–water partition coefficient (Wildman–Crippen LogP) is 3.20. The van der Waals surface area contributed by atoms with E-state index in [-0.39, 0.29) is 17.1 Å². The van der Waals surface area contributed by atoms with Crippen LogP contribution in [0.4, 0.5) is 0 Å².